The third-order valence-electron chi connectivity index (χ3n) is 5.57. The number of carbonyl (C=O) groups is 2. The normalized spacial score (nSPS) is 12.6. The van der Waals surface area contributed by atoms with Crippen molar-refractivity contribution in [3.8, 4) is 11.5 Å². The zero-order valence-electron chi connectivity index (χ0n) is 21.8. The highest BCUT2D eigenvalue weighted by Crippen LogP contribution is 2.33. The molecule has 9 nitrogen and oxygen atoms in total. The minimum Gasteiger partial charge on any atom is -0.491 e. The summed E-state index contributed by atoms with van der Waals surface area (Å²) in [6, 6.07) is 15.2. The number of ether oxygens (including phenoxy) is 5. The van der Waals surface area contributed by atoms with Gasteiger partial charge in [-0.05, 0) is 35.4 Å². The molecule has 0 amide bonds. The molecular formula is C29H36O9. The Morgan fingerprint density at radius 3 is 1.66 bits per heavy atom. The van der Waals surface area contributed by atoms with Crippen molar-refractivity contribution in [2.75, 3.05) is 39.6 Å². The number of carbonyl (C=O) groups excluding carboxylic acids is 2. The number of aliphatic hydroxyl groups excluding tert-OH is 2. The molecule has 0 aromatic heterocycles. The Bertz CT molecular complexity index is 1030. The van der Waals surface area contributed by atoms with Gasteiger partial charge in [0.1, 0.15) is 50.1 Å². The Hall–Kier alpha value is -3.66. The van der Waals surface area contributed by atoms with E-state index in [1.807, 2.05) is 48.5 Å². The predicted molar refractivity (Wildman–Crippen MR) is 141 cm³/mol. The zero-order chi connectivity index (χ0) is 28.0. The molecule has 2 aromatic carbocycles. The van der Waals surface area contributed by atoms with Gasteiger partial charge in [0.05, 0.1) is 13.2 Å². The smallest absolute Gasteiger partial charge is 0.330 e. The van der Waals surface area contributed by atoms with Crippen molar-refractivity contribution in [3.63, 3.8) is 0 Å². The van der Waals surface area contributed by atoms with Crippen LogP contribution in [0.3, 0.4) is 0 Å². The second-order valence-corrected chi connectivity index (χ2v) is 8.88. The van der Waals surface area contributed by atoms with Gasteiger partial charge in [0.15, 0.2) is 0 Å². The van der Waals surface area contributed by atoms with Crippen LogP contribution in [0.1, 0.15) is 25.0 Å². The molecule has 0 saturated heterocycles. The number of rotatable bonds is 17. The Balaban J connectivity index is 1.80. The van der Waals surface area contributed by atoms with Crippen LogP contribution in [0.2, 0.25) is 0 Å². The maximum Gasteiger partial charge on any atom is 0.330 e. The molecule has 2 unspecified atom stereocenters. The van der Waals surface area contributed by atoms with Crippen molar-refractivity contribution in [2.24, 2.45) is 0 Å². The number of hydrogen-bond donors (Lipinski definition) is 2. The van der Waals surface area contributed by atoms with Crippen LogP contribution in [-0.2, 0) is 29.2 Å². The third kappa shape index (κ3) is 10.4. The summed E-state index contributed by atoms with van der Waals surface area (Å²) in [4.78, 5) is 22.0. The fourth-order valence-electron chi connectivity index (χ4n) is 3.30. The Kier molecular flexibility index (Phi) is 12.5. The van der Waals surface area contributed by atoms with Gasteiger partial charge < -0.3 is 33.9 Å². The molecule has 2 N–H and O–H groups in total. The first-order valence-electron chi connectivity index (χ1n) is 12.1. The van der Waals surface area contributed by atoms with E-state index in [4.69, 9.17) is 23.7 Å². The van der Waals surface area contributed by atoms with Crippen LogP contribution in [0.5, 0.6) is 11.5 Å². The Morgan fingerprint density at radius 2 is 1.18 bits per heavy atom. The van der Waals surface area contributed by atoms with Gasteiger partial charge in [-0.1, -0.05) is 51.3 Å². The lowest BCUT2D eigenvalue weighted by Crippen LogP contribution is -2.25. The van der Waals surface area contributed by atoms with Crippen molar-refractivity contribution < 1.29 is 43.5 Å². The number of benzene rings is 2. The molecule has 0 radical (unpaired) electrons. The first-order chi connectivity index (χ1) is 18.1. The quantitative estimate of drug-likeness (QED) is 0.181. The maximum absolute atomic E-state index is 11.1. The molecule has 0 bridgehead atoms. The largest absolute Gasteiger partial charge is 0.491 e. The molecule has 0 fully saturated rings. The summed E-state index contributed by atoms with van der Waals surface area (Å²) >= 11 is 0. The Morgan fingerprint density at radius 1 is 0.737 bits per heavy atom. The van der Waals surface area contributed by atoms with Crippen molar-refractivity contribution in [1.82, 2.24) is 0 Å². The molecule has 0 aliphatic heterocycles. The minimum absolute atomic E-state index is 0.0133. The molecule has 38 heavy (non-hydrogen) atoms. The molecule has 0 heterocycles. The van der Waals surface area contributed by atoms with E-state index in [1.54, 1.807) is 0 Å². The van der Waals surface area contributed by atoms with E-state index in [0.717, 1.165) is 23.3 Å². The highest BCUT2D eigenvalue weighted by Gasteiger charge is 2.23. The van der Waals surface area contributed by atoms with E-state index in [2.05, 4.69) is 27.0 Å². The predicted octanol–water partition coefficient (Wildman–Crippen LogP) is 2.97. The van der Waals surface area contributed by atoms with Crippen LogP contribution in [0, 0.1) is 0 Å². The van der Waals surface area contributed by atoms with E-state index in [-0.39, 0.29) is 45.1 Å². The Labute approximate surface area is 223 Å². The van der Waals surface area contributed by atoms with Gasteiger partial charge in [-0.15, -0.1) is 0 Å². The minimum atomic E-state index is -0.946. The van der Waals surface area contributed by atoms with Gasteiger partial charge in [0.25, 0.3) is 0 Å². The van der Waals surface area contributed by atoms with Crippen molar-refractivity contribution >= 4 is 11.9 Å². The lowest BCUT2D eigenvalue weighted by molar-refractivity contribution is -0.141. The summed E-state index contributed by atoms with van der Waals surface area (Å²) in [5.74, 6) is 0.0837. The van der Waals surface area contributed by atoms with Crippen LogP contribution >= 0.6 is 0 Å². The first-order valence-corrected chi connectivity index (χ1v) is 12.1. The monoisotopic (exact) mass is 528 g/mol. The summed E-state index contributed by atoms with van der Waals surface area (Å²) in [5.41, 5.74) is 1.82. The van der Waals surface area contributed by atoms with Crippen LogP contribution in [0.25, 0.3) is 0 Å². The molecule has 0 spiro atoms. The summed E-state index contributed by atoms with van der Waals surface area (Å²) in [7, 11) is 0. The second-order valence-electron chi connectivity index (χ2n) is 8.88. The molecule has 2 rings (SSSR count). The van der Waals surface area contributed by atoms with Crippen molar-refractivity contribution in [3.05, 3.63) is 85.0 Å². The SMILES string of the molecule is C=CC(=O)OCCOCC(O)COc1ccc(C(C)(C)c2ccc(OCC(O)COC(=O)C=C)cc2)cc1. The van der Waals surface area contributed by atoms with Gasteiger partial charge in [-0.25, -0.2) is 9.59 Å². The number of hydrogen-bond acceptors (Lipinski definition) is 9. The average Bonchev–Trinajstić information content (AvgIpc) is 2.93. The molecule has 0 aliphatic rings. The molecule has 206 valence electrons. The molecular weight excluding hydrogens is 492 g/mol. The van der Waals surface area contributed by atoms with Crippen LogP contribution in [0.15, 0.2) is 73.8 Å². The highest BCUT2D eigenvalue weighted by atomic mass is 16.6. The lowest BCUT2D eigenvalue weighted by atomic mass is 9.78. The standard InChI is InChI=1S/C29H36O9/c1-5-27(32)35-16-15-34-17-23(30)18-36-25-11-7-21(8-12-25)29(3,4)22-9-13-26(14-10-22)37-19-24(31)20-38-28(33)6-2/h5-14,23-24,30-31H,1-2,15-20H2,3-4H3. The fourth-order valence-corrected chi connectivity index (χ4v) is 3.30. The maximum atomic E-state index is 11.1. The summed E-state index contributed by atoms with van der Waals surface area (Å²) in [6.45, 7) is 11.0. The van der Waals surface area contributed by atoms with Gasteiger partial charge in [0.2, 0.25) is 0 Å². The van der Waals surface area contributed by atoms with Crippen LogP contribution in [0.4, 0.5) is 0 Å². The van der Waals surface area contributed by atoms with E-state index in [0.29, 0.717) is 11.5 Å². The summed E-state index contributed by atoms with van der Waals surface area (Å²) in [6.07, 6.45) is 0.335. The van der Waals surface area contributed by atoms with E-state index >= 15 is 0 Å². The molecule has 0 saturated carbocycles. The second kappa shape index (κ2) is 15.6. The van der Waals surface area contributed by atoms with Crippen molar-refractivity contribution in [1.29, 1.82) is 0 Å². The van der Waals surface area contributed by atoms with Crippen LogP contribution in [-0.4, -0.2) is 74.0 Å². The molecule has 0 aliphatic carbocycles. The summed E-state index contributed by atoms with van der Waals surface area (Å²) in [5, 5.41) is 19.9. The van der Waals surface area contributed by atoms with Gasteiger partial charge in [-0.3, -0.25) is 0 Å². The first kappa shape index (κ1) is 30.6. The average molecular weight is 529 g/mol. The number of esters is 2. The fraction of sp³-hybridized carbons (Fsp3) is 0.379. The van der Waals surface area contributed by atoms with Crippen LogP contribution < -0.4 is 9.47 Å². The van der Waals surface area contributed by atoms with Gasteiger partial charge in [-0.2, -0.15) is 0 Å². The van der Waals surface area contributed by atoms with Crippen molar-refractivity contribution in [2.45, 2.75) is 31.5 Å². The number of aliphatic hydroxyl groups is 2. The van der Waals surface area contributed by atoms with E-state index in [1.165, 1.54) is 0 Å². The highest BCUT2D eigenvalue weighted by molar-refractivity contribution is 5.81. The lowest BCUT2D eigenvalue weighted by Gasteiger charge is -2.26. The third-order valence-corrected chi connectivity index (χ3v) is 5.57. The molecule has 9 heteroatoms. The topological polar surface area (TPSA) is 121 Å². The molecule has 2 atom stereocenters. The molecule has 2 aromatic rings. The van der Waals surface area contributed by atoms with E-state index < -0.39 is 24.1 Å². The van der Waals surface area contributed by atoms with E-state index in [9.17, 15) is 19.8 Å². The van der Waals surface area contributed by atoms with Gasteiger partial charge in [0, 0.05) is 17.6 Å². The summed E-state index contributed by atoms with van der Waals surface area (Å²) < 4.78 is 26.1. The van der Waals surface area contributed by atoms with Gasteiger partial charge >= 0.3 is 11.9 Å². The zero-order valence-corrected chi connectivity index (χ0v) is 21.8.